The highest BCUT2D eigenvalue weighted by Crippen LogP contribution is 2.18. The zero-order valence-electron chi connectivity index (χ0n) is 14.5. The number of likely N-dealkylation sites (tertiary alicyclic amines) is 1. The summed E-state index contributed by atoms with van der Waals surface area (Å²) in [7, 11) is 0. The van der Waals surface area contributed by atoms with Gasteiger partial charge < -0.3 is 10.3 Å². The maximum Gasteiger partial charge on any atom is 0.267 e. The van der Waals surface area contributed by atoms with Crippen LogP contribution < -0.4 is 5.32 Å². The fraction of sp³-hybridized carbons (Fsp3) is 0.286. The molecule has 0 aliphatic carbocycles. The molecule has 1 saturated heterocycles. The van der Waals surface area contributed by atoms with Crippen molar-refractivity contribution < 1.29 is 9.18 Å². The van der Waals surface area contributed by atoms with Gasteiger partial charge in [0.1, 0.15) is 11.5 Å². The van der Waals surface area contributed by atoms with Crippen LogP contribution in [0.1, 0.15) is 28.9 Å². The van der Waals surface area contributed by atoms with Crippen molar-refractivity contribution in [2.75, 3.05) is 13.1 Å². The maximum absolute atomic E-state index is 13.3. The number of H-pyrrole nitrogens is 1. The zero-order valence-corrected chi connectivity index (χ0v) is 14.5. The molecule has 3 aromatic rings. The van der Waals surface area contributed by atoms with Gasteiger partial charge in [0.2, 0.25) is 0 Å². The molecule has 0 unspecified atom stereocenters. The first-order valence-corrected chi connectivity index (χ1v) is 9.03. The third-order valence-electron chi connectivity index (χ3n) is 5.00. The fourth-order valence-corrected chi connectivity index (χ4v) is 3.57. The Morgan fingerprint density at radius 3 is 2.65 bits per heavy atom. The summed E-state index contributed by atoms with van der Waals surface area (Å²) in [5, 5.41) is 3.82. The molecule has 0 atom stereocenters. The maximum atomic E-state index is 13.3. The number of nitrogens with one attached hydrogen (secondary N) is 2. The quantitative estimate of drug-likeness (QED) is 0.753. The Morgan fingerprint density at radius 2 is 1.88 bits per heavy atom. The molecule has 134 valence electrons. The zero-order chi connectivity index (χ0) is 17.9. The van der Waals surface area contributed by atoms with Crippen molar-refractivity contribution in [1.82, 2.24) is 15.2 Å². The Morgan fingerprint density at radius 1 is 1.12 bits per heavy atom. The number of rotatable bonds is 4. The molecule has 5 heteroatoms. The Bertz CT molecular complexity index is 898. The van der Waals surface area contributed by atoms with Gasteiger partial charge in [-0.3, -0.25) is 9.69 Å². The van der Waals surface area contributed by atoms with E-state index in [9.17, 15) is 9.18 Å². The summed E-state index contributed by atoms with van der Waals surface area (Å²) >= 11 is 0. The van der Waals surface area contributed by atoms with Crippen molar-refractivity contribution >= 4 is 16.8 Å². The summed E-state index contributed by atoms with van der Waals surface area (Å²) in [5.74, 6) is -0.419. The van der Waals surface area contributed by atoms with E-state index in [4.69, 9.17) is 0 Å². The predicted molar refractivity (Wildman–Crippen MR) is 100 cm³/mol. The standard InChI is InChI=1S/C21H22FN3O/c22-17-6-7-19-16(12-17)13-20(24-19)21(26)23-18-8-10-25(11-9-18)14-15-4-2-1-3-5-15/h1-7,12-13,18,24H,8-11,14H2,(H,23,26). The van der Waals surface area contributed by atoms with E-state index in [1.54, 1.807) is 12.1 Å². The first-order valence-electron chi connectivity index (χ1n) is 9.03. The molecule has 1 fully saturated rings. The van der Waals surface area contributed by atoms with E-state index in [0.717, 1.165) is 38.0 Å². The van der Waals surface area contributed by atoms with E-state index in [1.807, 2.05) is 6.07 Å². The topological polar surface area (TPSA) is 48.1 Å². The highest BCUT2D eigenvalue weighted by molar-refractivity contribution is 5.98. The van der Waals surface area contributed by atoms with Crippen LogP contribution >= 0.6 is 0 Å². The second kappa shape index (κ2) is 7.30. The molecule has 1 amide bonds. The smallest absolute Gasteiger partial charge is 0.267 e. The van der Waals surface area contributed by atoms with Gasteiger partial charge in [0.05, 0.1) is 0 Å². The van der Waals surface area contributed by atoms with Crippen molar-refractivity contribution in [3.63, 3.8) is 0 Å². The van der Waals surface area contributed by atoms with Crippen LogP contribution in [0.4, 0.5) is 4.39 Å². The Kier molecular flexibility index (Phi) is 4.71. The van der Waals surface area contributed by atoms with Gasteiger partial charge in [-0.25, -0.2) is 4.39 Å². The van der Waals surface area contributed by atoms with Gasteiger partial charge in [-0.15, -0.1) is 0 Å². The van der Waals surface area contributed by atoms with Gasteiger partial charge in [-0.2, -0.15) is 0 Å². The molecule has 1 aliphatic rings. The van der Waals surface area contributed by atoms with Crippen molar-refractivity contribution in [3.8, 4) is 0 Å². The predicted octanol–water partition coefficient (Wildman–Crippen LogP) is 3.70. The van der Waals surface area contributed by atoms with E-state index in [-0.39, 0.29) is 17.8 Å². The lowest BCUT2D eigenvalue weighted by molar-refractivity contribution is 0.0904. The second-order valence-electron chi connectivity index (χ2n) is 6.92. The van der Waals surface area contributed by atoms with E-state index in [1.165, 1.54) is 17.7 Å². The number of carbonyl (C=O) groups excluding carboxylic acids is 1. The Hall–Kier alpha value is -2.66. The molecule has 0 radical (unpaired) electrons. The van der Waals surface area contributed by atoms with Crippen molar-refractivity contribution in [3.05, 3.63) is 71.7 Å². The number of aromatic amines is 1. The number of hydrogen-bond donors (Lipinski definition) is 2. The molecule has 0 bridgehead atoms. The van der Waals surface area contributed by atoms with Crippen LogP contribution in [0.15, 0.2) is 54.6 Å². The van der Waals surface area contributed by atoms with Crippen LogP contribution in [-0.4, -0.2) is 34.9 Å². The molecule has 0 saturated carbocycles. The van der Waals surface area contributed by atoms with Crippen LogP contribution in [0.2, 0.25) is 0 Å². The minimum atomic E-state index is -0.297. The van der Waals surface area contributed by atoms with Crippen LogP contribution in [0.25, 0.3) is 10.9 Å². The van der Waals surface area contributed by atoms with Gasteiger partial charge in [0, 0.05) is 36.6 Å². The molecule has 1 aliphatic heterocycles. The van der Waals surface area contributed by atoms with Crippen molar-refractivity contribution in [2.24, 2.45) is 0 Å². The van der Waals surface area contributed by atoms with Crippen LogP contribution in [0.5, 0.6) is 0 Å². The van der Waals surface area contributed by atoms with Crippen LogP contribution in [0.3, 0.4) is 0 Å². The van der Waals surface area contributed by atoms with Gasteiger partial charge in [0.15, 0.2) is 0 Å². The first kappa shape index (κ1) is 16.8. The lowest BCUT2D eigenvalue weighted by Gasteiger charge is -2.32. The third kappa shape index (κ3) is 3.78. The molecule has 4 rings (SSSR count). The summed E-state index contributed by atoms with van der Waals surface area (Å²) in [4.78, 5) is 18.0. The normalized spacial score (nSPS) is 16.0. The van der Waals surface area contributed by atoms with Crippen molar-refractivity contribution in [1.29, 1.82) is 0 Å². The van der Waals surface area contributed by atoms with Gasteiger partial charge in [-0.1, -0.05) is 30.3 Å². The molecular weight excluding hydrogens is 329 g/mol. The molecule has 2 aromatic carbocycles. The summed E-state index contributed by atoms with van der Waals surface area (Å²) < 4.78 is 13.3. The lowest BCUT2D eigenvalue weighted by Crippen LogP contribution is -2.44. The van der Waals surface area contributed by atoms with E-state index in [0.29, 0.717) is 11.1 Å². The third-order valence-corrected chi connectivity index (χ3v) is 5.00. The minimum Gasteiger partial charge on any atom is -0.351 e. The number of hydrogen-bond acceptors (Lipinski definition) is 2. The number of aromatic nitrogens is 1. The first-order chi connectivity index (χ1) is 12.7. The highest BCUT2D eigenvalue weighted by Gasteiger charge is 2.21. The lowest BCUT2D eigenvalue weighted by atomic mass is 10.0. The number of amides is 1. The number of nitrogens with zero attached hydrogens (tertiary/aromatic N) is 1. The number of benzene rings is 2. The molecule has 26 heavy (non-hydrogen) atoms. The Labute approximate surface area is 152 Å². The van der Waals surface area contributed by atoms with Gasteiger partial charge >= 0.3 is 0 Å². The summed E-state index contributed by atoms with van der Waals surface area (Å²) in [6.45, 7) is 2.89. The molecule has 2 heterocycles. The number of piperidine rings is 1. The largest absolute Gasteiger partial charge is 0.351 e. The van der Waals surface area contributed by atoms with Crippen LogP contribution in [-0.2, 0) is 6.54 Å². The average molecular weight is 351 g/mol. The molecular formula is C21H22FN3O. The molecule has 4 nitrogen and oxygen atoms in total. The second-order valence-corrected chi connectivity index (χ2v) is 6.92. The van der Waals surface area contributed by atoms with E-state index >= 15 is 0 Å². The van der Waals surface area contributed by atoms with E-state index < -0.39 is 0 Å². The highest BCUT2D eigenvalue weighted by atomic mass is 19.1. The number of carbonyl (C=O) groups is 1. The number of fused-ring (bicyclic) bond motifs is 1. The van der Waals surface area contributed by atoms with Crippen molar-refractivity contribution in [2.45, 2.75) is 25.4 Å². The summed E-state index contributed by atoms with van der Waals surface area (Å²) in [5.41, 5.74) is 2.58. The molecule has 0 spiro atoms. The van der Waals surface area contributed by atoms with Gasteiger partial charge in [-0.05, 0) is 42.7 Å². The summed E-state index contributed by atoms with van der Waals surface area (Å²) in [6.07, 6.45) is 1.88. The minimum absolute atomic E-state index is 0.122. The average Bonchev–Trinajstić information content (AvgIpc) is 3.07. The fourth-order valence-electron chi connectivity index (χ4n) is 3.57. The Balaban J connectivity index is 1.32. The monoisotopic (exact) mass is 351 g/mol. The van der Waals surface area contributed by atoms with Crippen LogP contribution in [0, 0.1) is 5.82 Å². The number of halogens is 1. The van der Waals surface area contributed by atoms with E-state index in [2.05, 4.69) is 39.5 Å². The molecule has 1 aromatic heterocycles. The molecule has 2 N–H and O–H groups in total. The SMILES string of the molecule is O=C(NC1CCN(Cc2ccccc2)CC1)c1cc2cc(F)ccc2[nH]1. The van der Waals surface area contributed by atoms with Gasteiger partial charge in [0.25, 0.3) is 5.91 Å². The summed E-state index contributed by atoms with van der Waals surface area (Å²) in [6, 6.07) is 16.8.